The molecular weight excluding hydrogens is 410 g/mol. The van der Waals surface area contributed by atoms with Crippen molar-refractivity contribution < 1.29 is 9.53 Å². The first-order valence-electron chi connectivity index (χ1n) is 9.55. The average Bonchev–Trinajstić information content (AvgIpc) is 3.03. The average molecular weight is 434 g/mol. The van der Waals surface area contributed by atoms with Gasteiger partial charge < -0.3 is 26.0 Å². The van der Waals surface area contributed by atoms with Gasteiger partial charge in [0.05, 0.1) is 18.9 Å². The fourth-order valence-electron chi connectivity index (χ4n) is 3.40. The first-order chi connectivity index (χ1) is 14.1. The van der Waals surface area contributed by atoms with E-state index in [4.69, 9.17) is 22.1 Å². The SMILES string of the molecule is NC1Sc2cc(NC(=O)Nc3ccc(Cl)cc3)ccc2N1CCN1CCOCC1. The highest BCUT2D eigenvalue weighted by molar-refractivity contribution is 8.00. The van der Waals surface area contributed by atoms with Gasteiger partial charge in [-0.3, -0.25) is 4.90 Å². The van der Waals surface area contributed by atoms with Crippen molar-refractivity contribution in [1.29, 1.82) is 0 Å². The number of amides is 2. The Morgan fingerprint density at radius 2 is 1.79 bits per heavy atom. The number of rotatable bonds is 5. The first-order valence-corrected chi connectivity index (χ1v) is 10.8. The van der Waals surface area contributed by atoms with Gasteiger partial charge in [-0.05, 0) is 42.5 Å². The molecule has 0 spiro atoms. The second-order valence-corrected chi connectivity index (χ2v) is 8.52. The topological polar surface area (TPSA) is 82.9 Å². The Balaban J connectivity index is 1.36. The quantitative estimate of drug-likeness (QED) is 0.669. The molecule has 1 unspecified atom stereocenters. The van der Waals surface area contributed by atoms with E-state index in [0.717, 1.165) is 55.7 Å². The van der Waals surface area contributed by atoms with Gasteiger partial charge in [0.2, 0.25) is 0 Å². The Kier molecular flexibility index (Phi) is 6.46. The minimum atomic E-state index is -0.302. The fraction of sp³-hybridized carbons (Fsp3) is 0.350. The smallest absolute Gasteiger partial charge is 0.323 e. The molecule has 7 nitrogen and oxygen atoms in total. The fourth-order valence-corrected chi connectivity index (χ4v) is 4.64. The van der Waals surface area contributed by atoms with Gasteiger partial charge in [0, 0.05) is 47.5 Å². The third-order valence-corrected chi connectivity index (χ3v) is 6.27. The molecule has 2 aromatic carbocycles. The molecule has 0 saturated carbocycles. The van der Waals surface area contributed by atoms with Crippen LogP contribution in [-0.2, 0) is 4.74 Å². The summed E-state index contributed by atoms with van der Waals surface area (Å²) < 4.78 is 5.41. The maximum absolute atomic E-state index is 12.3. The van der Waals surface area contributed by atoms with Gasteiger partial charge in [0.25, 0.3) is 0 Å². The van der Waals surface area contributed by atoms with Gasteiger partial charge in [-0.2, -0.15) is 0 Å². The number of nitrogens with zero attached hydrogens (tertiary/aromatic N) is 2. The van der Waals surface area contributed by atoms with Crippen LogP contribution < -0.4 is 21.3 Å². The lowest BCUT2D eigenvalue weighted by molar-refractivity contribution is 0.0391. The summed E-state index contributed by atoms with van der Waals surface area (Å²) in [6, 6.07) is 12.6. The Morgan fingerprint density at radius 3 is 2.55 bits per heavy atom. The van der Waals surface area contributed by atoms with Crippen LogP contribution in [0.4, 0.5) is 21.9 Å². The number of hydrogen-bond acceptors (Lipinski definition) is 6. The van der Waals surface area contributed by atoms with Crippen molar-refractivity contribution in [2.75, 3.05) is 54.9 Å². The summed E-state index contributed by atoms with van der Waals surface area (Å²) in [6.45, 7) is 5.35. The molecule has 0 aromatic heterocycles. The van der Waals surface area contributed by atoms with E-state index in [1.807, 2.05) is 18.2 Å². The van der Waals surface area contributed by atoms with Crippen LogP contribution >= 0.6 is 23.4 Å². The van der Waals surface area contributed by atoms with Crippen LogP contribution in [-0.4, -0.2) is 55.8 Å². The highest BCUT2D eigenvalue weighted by Gasteiger charge is 2.28. The Hall–Kier alpha value is -1.97. The van der Waals surface area contributed by atoms with E-state index in [0.29, 0.717) is 10.7 Å². The predicted octanol–water partition coefficient (Wildman–Crippen LogP) is 3.47. The molecule has 0 bridgehead atoms. The summed E-state index contributed by atoms with van der Waals surface area (Å²) in [5.74, 6) is 0. The zero-order chi connectivity index (χ0) is 20.2. The lowest BCUT2D eigenvalue weighted by Gasteiger charge is -2.30. The number of thioether (sulfide) groups is 1. The van der Waals surface area contributed by atoms with Crippen LogP contribution in [0.1, 0.15) is 0 Å². The van der Waals surface area contributed by atoms with Crippen LogP contribution in [0.15, 0.2) is 47.4 Å². The number of anilines is 3. The molecule has 9 heteroatoms. The molecule has 2 amide bonds. The van der Waals surface area contributed by atoms with Crippen molar-refractivity contribution in [3.63, 3.8) is 0 Å². The molecule has 1 atom stereocenters. The molecule has 29 heavy (non-hydrogen) atoms. The number of fused-ring (bicyclic) bond motifs is 1. The highest BCUT2D eigenvalue weighted by Crippen LogP contribution is 2.42. The van der Waals surface area contributed by atoms with Gasteiger partial charge in [-0.15, -0.1) is 0 Å². The van der Waals surface area contributed by atoms with E-state index in [-0.39, 0.29) is 11.5 Å². The van der Waals surface area contributed by atoms with E-state index < -0.39 is 0 Å². The van der Waals surface area contributed by atoms with E-state index in [9.17, 15) is 4.79 Å². The van der Waals surface area contributed by atoms with Crippen LogP contribution in [0.3, 0.4) is 0 Å². The molecule has 2 aliphatic rings. The van der Waals surface area contributed by atoms with Gasteiger partial charge in [0.1, 0.15) is 5.50 Å². The van der Waals surface area contributed by atoms with E-state index in [1.54, 1.807) is 36.0 Å². The summed E-state index contributed by atoms with van der Waals surface area (Å²) in [5.41, 5.74) is 8.74. The second kappa shape index (κ2) is 9.23. The molecule has 4 N–H and O–H groups in total. The number of morpholine rings is 1. The van der Waals surface area contributed by atoms with Crippen molar-refractivity contribution in [1.82, 2.24) is 4.90 Å². The Morgan fingerprint density at radius 1 is 1.10 bits per heavy atom. The van der Waals surface area contributed by atoms with Crippen LogP contribution in [0, 0.1) is 0 Å². The molecule has 1 saturated heterocycles. The molecule has 1 fully saturated rings. The zero-order valence-electron chi connectivity index (χ0n) is 15.9. The molecule has 154 valence electrons. The zero-order valence-corrected chi connectivity index (χ0v) is 17.5. The van der Waals surface area contributed by atoms with Crippen LogP contribution in [0.25, 0.3) is 0 Å². The van der Waals surface area contributed by atoms with Gasteiger partial charge in [0.15, 0.2) is 0 Å². The Labute approximate surface area is 179 Å². The lowest BCUT2D eigenvalue weighted by Crippen LogP contribution is -2.44. The number of carbonyl (C=O) groups excluding carboxylic acids is 1. The molecule has 2 aliphatic heterocycles. The number of carbonyl (C=O) groups is 1. The number of halogens is 1. The maximum Gasteiger partial charge on any atom is 0.323 e. The lowest BCUT2D eigenvalue weighted by atomic mass is 10.2. The molecule has 4 rings (SSSR count). The molecule has 0 radical (unpaired) electrons. The van der Waals surface area contributed by atoms with Crippen molar-refractivity contribution in [2.24, 2.45) is 5.73 Å². The number of hydrogen-bond donors (Lipinski definition) is 3. The van der Waals surface area contributed by atoms with Crippen molar-refractivity contribution in [3.05, 3.63) is 47.5 Å². The maximum atomic E-state index is 12.3. The monoisotopic (exact) mass is 433 g/mol. The molecule has 2 aromatic rings. The molecule has 0 aliphatic carbocycles. The second-order valence-electron chi connectivity index (χ2n) is 6.92. The first kappa shape index (κ1) is 20.3. The third-order valence-electron chi connectivity index (χ3n) is 4.94. The van der Waals surface area contributed by atoms with Crippen molar-refractivity contribution >= 4 is 46.5 Å². The number of urea groups is 1. The Bertz CT molecular complexity index is 860. The van der Waals surface area contributed by atoms with Crippen molar-refractivity contribution in [3.8, 4) is 0 Å². The summed E-state index contributed by atoms with van der Waals surface area (Å²) >= 11 is 7.48. The highest BCUT2D eigenvalue weighted by atomic mass is 35.5. The van der Waals surface area contributed by atoms with Crippen LogP contribution in [0.2, 0.25) is 5.02 Å². The minimum Gasteiger partial charge on any atom is -0.379 e. The van der Waals surface area contributed by atoms with Gasteiger partial charge in [-0.1, -0.05) is 23.4 Å². The predicted molar refractivity (Wildman–Crippen MR) is 119 cm³/mol. The molecular formula is C20H24ClN5O2S. The van der Waals surface area contributed by atoms with Crippen molar-refractivity contribution in [2.45, 2.75) is 10.4 Å². The van der Waals surface area contributed by atoms with Crippen LogP contribution in [0.5, 0.6) is 0 Å². The normalized spacial score (nSPS) is 19.1. The third kappa shape index (κ3) is 5.15. The summed E-state index contributed by atoms with van der Waals surface area (Å²) in [4.78, 5) is 17.9. The number of benzene rings is 2. The minimum absolute atomic E-state index is 0.121. The summed E-state index contributed by atoms with van der Waals surface area (Å²) in [5, 5.41) is 6.29. The standard InChI is InChI=1S/C20H24ClN5O2S/c21-14-1-3-15(4-2-14)23-20(27)24-16-5-6-17-18(13-16)29-19(22)26(17)8-7-25-9-11-28-12-10-25/h1-6,13,19H,7-12,22H2,(H2,23,24,27). The van der Waals surface area contributed by atoms with Gasteiger partial charge >= 0.3 is 6.03 Å². The largest absolute Gasteiger partial charge is 0.379 e. The van der Waals surface area contributed by atoms with E-state index in [1.165, 1.54) is 0 Å². The summed E-state index contributed by atoms with van der Waals surface area (Å²) in [6.07, 6.45) is 0. The number of ether oxygens (including phenoxy) is 1. The van der Waals surface area contributed by atoms with E-state index in [2.05, 4.69) is 20.4 Å². The number of nitrogens with two attached hydrogens (primary N) is 1. The van der Waals surface area contributed by atoms with E-state index >= 15 is 0 Å². The van der Waals surface area contributed by atoms with Gasteiger partial charge in [-0.25, -0.2) is 4.79 Å². The molecule has 2 heterocycles. The number of nitrogens with one attached hydrogen (secondary N) is 2. The summed E-state index contributed by atoms with van der Waals surface area (Å²) in [7, 11) is 0.